The monoisotopic (exact) mass is 381 g/mol. The summed E-state index contributed by atoms with van der Waals surface area (Å²) in [5, 5.41) is 9.13. The molecule has 1 amide bonds. The van der Waals surface area contributed by atoms with Gasteiger partial charge in [0, 0.05) is 36.7 Å². The molecule has 140 valence electrons. The fraction of sp³-hybridized carbons (Fsp3) is 0.300. The lowest BCUT2D eigenvalue weighted by atomic mass is 10.2. The number of carbonyl (C=O) groups excluding carboxylic acids is 1. The van der Waals surface area contributed by atoms with E-state index >= 15 is 0 Å². The van der Waals surface area contributed by atoms with Crippen LogP contribution in [0.2, 0.25) is 0 Å². The van der Waals surface area contributed by atoms with Crippen LogP contribution in [-0.4, -0.2) is 37.5 Å². The van der Waals surface area contributed by atoms with Crippen molar-refractivity contribution in [3.8, 4) is 11.4 Å². The van der Waals surface area contributed by atoms with E-state index in [0.717, 1.165) is 28.8 Å². The SMILES string of the molecule is CCN(C(=O)C(C)Sc1nnc(-c2ccncc2)n1CC)c1ccccc1. The Hall–Kier alpha value is -2.67. The summed E-state index contributed by atoms with van der Waals surface area (Å²) in [6.45, 7) is 7.30. The van der Waals surface area contributed by atoms with Gasteiger partial charge in [0.2, 0.25) is 5.91 Å². The zero-order chi connectivity index (χ0) is 19.2. The molecule has 0 spiro atoms. The van der Waals surface area contributed by atoms with Crippen molar-refractivity contribution >= 4 is 23.4 Å². The summed E-state index contributed by atoms with van der Waals surface area (Å²) in [5.41, 5.74) is 1.87. The predicted molar refractivity (Wildman–Crippen MR) is 109 cm³/mol. The summed E-state index contributed by atoms with van der Waals surface area (Å²) in [6, 6.07) is 13.6. The Morgan fingerprint density at radius 3 is 2.44 bits per heavy atom. The molecule has 1 unspecified atom stereocenters. The quantitative estimate of drug-likeness (QED) is 0.581. The van der Waals surface area contributed by atoms with Crippen LogP contribution in [0.3, 0.4) is 0 Å². The van der Waals surface area contributed by atoms with Gasteiger partial charge >= 0.3 is 0 Å². The second kappa shape index (κ2) is 8.81. The van der Waals surface area contributed by atoms with Gasteiger partial charge in [-0.05, 0) is 45.0 Å². The third-order valence-electron chi connectivity index (χ3n) is 4.25. The molecule has 1 aromatic carbocycles. The minimum atomic E-state index is -0.273. The van der Waals surface area contributed by atoms with Crippen molar-refractivity contribution in [2.24, 2.45) is 0 Å². The first-order valence-electron chi connectivity index (χ1n) is 9.02. The number of rotatable bonds is 7. The molecule has 3 aromatic rings. The maximum atomic E-state index is 13.0. The summed E-state index contributed by atoms with van der Waals surface area (Å²) < 4.78 is 2.03. The number of para-hydroxylation sites is 1. The lowest BCUT2D eigenvalue weighted by molar-refractivity contribution is -0.117. The average Bonchev–Trinajstić information content (AvgIpc) is 3.12. The maximum Gasteiger partial charge on any atom is 0.240 e. The van der Waals surface area contributed by atoms with E-state index < -0.39 is 0 Å². The van der Waals surface area contributed by atoms with Crippen LogP contribution in [0.5, 0.6) is 0 Å². The zero-order valence-corrected chi connectivity index (χ0v) is 16.6. The fourth-order valence-electron chi connectivity index (χ4n) is 2.88. The van der Waals surface area contributed by atoms with E-state index in [-0.39, 0.29) is 11.2 Å². The van der Waals surface area contributed by atoms with Crippen LogP contribution in [0.25, 0.3) is 11.4 Å². The third kappa shape index (κ3) is 4.19. The van der Waals surface area contributed by atoms with Crippen molar-refractivity contribution in [3.05, 3.63) is 54.9 Å². The molecule has 0 aliphatic rings. The Bertz CT molecular complexity index is 882. The molecule has 3 rings (SSSR count). The number of benzene rings is 1. The van der Waals surface area contributed by atoms with Crippen molar-refractivity contribution in [3.63, 3.8) is 0 Å². The molecular formula is C20H23N5OS. The molecule has 0 aliphatic carbocycles. The first kappa shape index (κ1) is 19.1. The first-order valence-corrected chi connectivity index (χ1v) is 9.90. The van der Waals surface area contributed by atoms with E-state index in [1.54, 1.807) is 17.3 Å². The minimum Gasteiger partial charge on any atom is -0.312 e. The maximum absolute atomic E-state index is 13.0. The highest BCUT2D eigenvalue weighted by atomic mass is 32.2. The molecule has 2 aromatic heterocycles. The van der Waals surface area contributed by atoms with Gasteiger partial charge in [0.15, 0.2) is 11.0 Å². The van der Waals surface area contributed by atoms with Crippen molar-refractivity contribution in [1.82, 2.24) is 19.7 Å². The van der Waals surface area contributed by atoms with Crippen molar-refractivity contribution < 1.29 is 4.79 Å². The number of thioether (sulfide) groups is 1. The molecule has 0 aliphatic heterocycles. The lowest BCUT2D eigenvalue weighted by Crippen LogP contribution is -2.36. The third-order valence-corrected chi connectivity index (χ3v) is 5.32. The average molecular weight is 382 g/mol. The molecule has 0 N–H and O–H groups in total. The Balaban J connectivity index is 1.80. The van der Waals surface area contributed by atoms with E-state index in [2.05, 4.69) is 15.2 Å². The molecule has 1 atom stereocenters. The van der Waals surface area contributed by atoms with E-state index in [4.69, 9.17) is 0 Å². The van der Waals surface area contributed by atoms with Gasteiger partial charge in [-0.2, -0.15) is 0 Å². The highest BCUT2D eigenvalue weighted by Crippen LogP contribution is 2.28. The van der Waals surface area contributed by atoms with Gasteiger partial charge in [-0.3, -0.25) is 9.78 Å². The Morgan fingerprint density at radius 1 is 1.11 bits per heavy atom. The number of anilines is 1. The Labute approximate surface area is 163 Å². The molecule has 0 saturated heterocycles. The molecule has 0 bridgehead atoms. The highest BCUT2D eigenvalue weighted by molar-refractivity contribution is 8.00. The van der Waals surface area contributed by atoms with Crippen LogP contribution < -0.4 is 4.90 Å². The van der Waals surface area contributed by atoms with Crippen LogP contribution in [0, 0.1) is 0 Å². The topological polar surface area (TPSA) is 63.9 Å². The predicted octanol–water partition coefficient (Wildman–Crippen LogP) is 3.89. The van der Waals surface area contributed by atoms with Crippen molar-refractivity contribution in [2.75, 3.05) is 11.4 Å². The summed E-state index contributed by atoms with van der Waals surface area (Å²) >= 11 is 1.44. The van der Waals surface area contributed by atoms with Crippen LogP contribution >= 0.6 is 11.8 Å². The summed E-state index contributed by atoms with van der Waals surface area (Å²) in [6.07, 6.45) is 3.48. The number of nitrogens with zero attached hydrogens (tertiary/aromatic N) is 5. The number of aromatic nitrogens is 4. The molecular weight excluding hydrogens is 358 g/mol. The van der Waals surface area contributed by atoms with Gasteiger partial charge in [-0.15, -0.1) is 10.2 Å². The minimum absolute atomic E-state index is 0.0600. The van der Waals surface area contributed by atoms with Gasteiger partial charge in [0.25, 0.3) is 0 Å². The standard InChI is InChI=1S/C20H23N5OS/c1-4-24(17-9-7-6-8-10-17)19(26)15(3)27-20-23-22-18(25(20)5-2)16-11-13-21-14-12-16/h6-15H,4-5H2,1-3H3. The Kier molecular flexibility index (Phi) is 6.24. The molecule has 6 nitrogen and oxygen atoms in total. The summed E-state index contributed by atoms with van der Waals surface area (Å²) in [7, 11) is 0. The highest BCUT2D eigenvalue weighted by Gasteiger charge is 2.24. The van der Waals surface area contributed by atoms with Gasteiger partial charge < -0.3 is 9.47 Å². The summed E-state index contributed by atoms with van der Waals surface area (Å²) in [4.78, 5) is 18.8. The van der Waals surface area contributed by atoms with Gasteiger partial charge in [0.05, 0.1) is 5.25 Å². The Morgan fingerprint density at radius 2 is 1.81 bits per heavy atom. The largest absolute Gasteiger partial charge is 0.312 e. The molecule has 0 fully saturated rings. The number of hydrogen-bond acceptors (Lipinski definition) is 5. The number of hydrogen-bond donors (Lipinski definition) is 0. The number of amides is 1. The number of pyridine rings is 1. The van der Waals surface area contributed by atoms with Gasteiger partial charge in [-0.25, -0.2) is 0 Å². The molecule has 2 heterocycles. The van der Waals surface area contributed by atoms with Crippen LogP contribution in [-0.2, 0) is 11.3 Å². The van der Waals surface area contributed by atoms with Crippen LogP contribution in [0.4, 0.5) is 5.69 Å². The van der Waals surface area contributed by atoms with Crippen LogP contribution in [0.1, 0.15) is 20.8 Å². The van der Waals surface area contributed by atoms with Crippen molar-refractivity contribution in [2.45, 2.75) is 37.7 Å². The van der Waals surface area contributed by atoms with E-state index in [0.29, 0.717) is 6.54 Å². The fourth-order valence-corrected chi connectivity index (χ4v) is 3.85. The van der Waals surface area contributed by atoms with E-state index in [9.17, 15) is 4.79 Å². The zero-order valence-electron chi connectivity index (χ0n) is 15.7. The molecule has 27 heavy (non-hydrogen) atoms. The second-order valence-corrected chi connectivity index (χ2v) is 7.27. The summed E-state index contributed by atoms with van der Waals surface area (Å²) in [5.74, 6) is 0.849. The molecule has 0 radical (unpaired) electrons. The first-order chi connectivity index (χ1) is 13.2. The van der Waals surface area contributed by atoms with Crippen molar-refractivity contribution in [1.29, 1.82) is 0 Å². The smallest absolute Gasteiger partial charge is 0.240 e. The molecule has 0 saturated carbocycles. The van der Waals surface area contributed by atoms with Gasteiger partial charge in [0.1, 0.15) is 0 Å². The van der Waals surface area contributed by atoms with Crippen LogP contribution in [0.15, 0.2) is 60.0 Å². The normalized spacial score (nSPS) is 12.0. The number of carbonyl (C=O) groups is 1. The van der Waals surface area contributed by atoms with E-state index in [1.807, 2.05) is 67.8 Å². The molecule has 7 heteroatoms. The van der Waals surface area contributed by atoms with Gasteiger partial charge in [-0.1, -0.05) is 30.0 Å². The second-order valence-electron chi connectivity index (χ2n) is 5.96. The lowest BCUT2D eigenvalue weighted by Gasteiger charge is -2.24. The van der Waals surface area contributed by atoms with E-state index in [1.165, 1.54) is 11.8 Å².